The van der Waals surface area contributed by atoms with Crippen LogP contribution >= 0.6 is 11.8 Å². The molecular formula is C12H28N4O2S2. The minimum Gasteiger partial charge on any atom is -0.357 e. The molecule has 120 valence electrons. The van der Waals surface area contributed by atoms with Crippen LogP contribution in [0.15, 0.2) is 4.99 Å². The van der Waals surface area contributed by atoms with Crippen molar-refractivity contribution in [1.82, 2.24) is 15.4 Å². The predicted molar refractivity (Wildman–Crippen MR) is 89.0 cm³/mol. The van der Waals surface area contributed by atoms with Crippen LogP contribution in [0.2, 0.25) is 0 Å². The molecular weight excluding hydrogens is 296 g/mol. The number of rotatable bonds is 9. The smallest absolute Gasteiger partial charge is 0.211 e. The van der Waals surface area contributed by atoms with Crippen LogP contribution in [0.25, 0.3) is 0 Å². The number of guanidine groups is 1. The molecule has 0 bridgehead atoms. The summed E-state index contributed by atoms with van der Waals surface area (Å²) in [5.74, 6) is 0.814. The van der Waals surface area contributed by atoms with Crippen LogP contribution in [0.3, 0.4) is 0 Å². The summed E-state index contributed by atoms with van der Waals surface area (Å²) in [6.45, 7) is 10.2. The highest BCUT2D eigenvalue weighted by atomic mass is 32.2. The van der Waals surface area contributed by atoms with Crippen molar-refractivity contribution in [2.75, 3.05) is 38.2 Å². The molecule has 6 nitrogen and oxygen atoms in total. The normalized spacial score (nSPS) is 13.3. The molecule has 0 aromatic rings. The van der Waals surface area contributed by atoms with E-state index in [0.29, 0.717) is 25.6 Å². The highest BCUT2D eigenvalue weighted by Crippen LogP contribution is 2.20. The SMILES string of the molecule is CCNC(=NCC(C)(C)SC)NCCNS(=O)(=O)CC. The van der Waals surface area contributed by atoms with E-state index < -0.39 is 10.0 Å². The van der Waals surface area contributed by atoms with Crippen LogP contribution in [0, 0.1) is 0 Å². The van der Waals surface area contributed by atoms with Gasteiger partial charge in [-0.3, -0.25) is 4.99 Å². The Hall–Kier alpha value is -0.470. The highest BCUT2D eigenvalue weighted by Gasteiger charge is 2.15. The number of thioether (sulfide) groups is 1. The fourth-order valence-corrected chi connectivity index (χ4v) is 1.98. The van der Waals surface area contributed by atoms with Crippen molar-refractivity contribution in [2.45, 2.75) is 32.4 Å². The van der Waals surface area contributed by atoms with Crippen molar-refractivity contribution >= 4 is 27.7 Å². The summed E-state index contributed by atoms with van der Waals surface area (Å²) in [6.07, 6.45) is 2.06. The minimum atomic E-state index is -3.12. The quantitative estimate of drug-likeness (QED) is 0.329. The van der Waals surface area contributed by atoms with E-state index in [1.807, 2.05) is 6.92 Å². The fraction of sp³-hybridized carbons (Fsp3) is 0.917. The molecule has 0 aromatic carbocycles. The van der Waals surface area contributed by atoms with Gasteiger partial charge in [-0.15, -0.1) is 0 Å². The number of hydrogen-bond donors (Lipinski definition) is 3. The minimum absolute atomic E-state index is 0.0894. The molecule has 0 unspecified atom stereocenters. The number of aliphatic imine (C=N–C) groups is 1. The van der Waals surface area contributed by atoms with Crippen molar-refractivity contribution < 1.29 is 8.42 Å². The maximum absolute atomic E-state index is 11.3. The van der Waals surface area contributed by atoms with Gasteiger partial charge >= 0.3 is 0 Å². The van der Waals surface area contributed by atoms with Gasteiger partial charge in [-0.25, -0.2) is 13.1 Å². The zero-order valence-electron chi connectivity index (χ0n) is 13.1. The molecule has 0 aliphatic heterocycles. The lowest BCUT2D eigenvalue weighted by Gasteiger charge is -2.20. The van der Waals surface area contributed by atoms with Gasteiger partial charge in [-0.1, -0.05) is 0 Å². The second-order valence-electron chi connectivity index (χ2n) is 4.88. The third kappa shape index (κ3) is 9.44. The number of nitrogens with one attached hydrogen (secondary N) is 3. The Morgan fingerprint density at radius 2 is 1.85 bits per heavy atom. The lowest BCUT2D eigenvalue weighted by Crippen LogP contribution is -2.42. The van der Waals surface area contributed by atoms with E-state index in [9.17, 15) is 8.42 Å². The standard InChI is InChI=1S/C12H28N4O2S2/c1-6-13-11(15-10-12(3,4)19-5)14-8-9-16-20(17,18)7-2/h16H,6-10H2,1-5H3,(H2,13,14,15). The number of nitrogens with zero attached hydrogens (tertiary/aromatic N) is 1. The van der Waals surface area contributed by atoms with Crippen molar-refractivity contribution in [3.8, 4) is 0 Å². The largest absolute Gasteiger partial charge is 0.357 e. The second kappa shape index (κ2) is 9.46. The predicted octanol–water partition coefficient (Wildman–Crippen LogP) is 0.622. The van der Waals surface area contributed by atoms with Gasteiger partial charge in [0, 0.05) is 24.4 Å². The Kier molecular flexibility index (Phi) is 9.24. The molecule has 0 aliphatic carbocycles. The van der Waals surface area contributed by atoms with E-state index in [-0.39, 0.29) is 10.5 Å². The monoisotopic (exact) mass is 324 g/mol. The molecule has 0 atom stereocenters. The second-order valence-corrected chi connectivity index (χ2v) is 8.49. The average molecular weight is 325 g/mol. The van der Waals surface area contributed by atoms with Crippen molar-refractivity contribution in [1.29, 1.82) is 0 Å². The van der Waals surface area contributed by atoms with Gasteiger partial charge in [0.05, 0.1) is 12.3 Å². The van der Waals surface area contributed by atoms with Gasteiger partial charge in [-0.2, -0.15) is 11.8 Å². The Labute approximate surface area is 127 Å². The van der Waals surface area contributed by atoms with Crippen LogP contribution in [0.4, 0.5) is 0 Å². The lowest BCUT2D eigenvalue weighted by atomic mass is 10.2. The summed E-state index contributed by atoms with van der Waals surface area (Å²) in [7, 11) is -3.12. The van der Waals surface area contributed by atoms with Gasteiger partial charge in [-0.05, 0) is 34.0 Å². The van der Waals surface area contributed by atoms with Gasteiger partial charge < -0.3 is 10.6 Å². The summed E-state index contributed by atoms with van der Waals surface area (Å²) in [4.78, 5) is 4.51. The molecule has 0 spiro atoms. The Bertz CT molecular complexity index is 394. The van der Waals surface area contributed by atoms with E-state index in [0.717, 1.165) is 6.54 Å². The third-order valence-electron chi connectivity index (χ3n) is 2.63. The van der Waals surface area contributed by atoms with Gasteiger partial charge in [0.25, 0.3) is 0 Å². The number of hydrogen-bond acceptors (Lipinski definition) is 4. The van der Waals surface area contributed by atoms with Crippen LogP contribution in [-0.2, 0) is 10.0 Å². The summed E-state index contributed by atoms with van der Waals surface area (Å²) in [6, 6.07) is 0. The molecule has 0 amide bonds. The first kappa shape index (κ1) is 19.5. The van der Waals surface area contributed by atoms with Crippen LogP contribution in [0.5, 0.6) is 0 Å². The summed E-state index contributed by atoms with van der Waals surface area (Å²) >= 11 is 1.77. The first-order chi connectivity index (χ1) is 9.26. The first-order valence-electron chi connectivity index (χ1n) is 6.81. The molecule has 0 saturated carbocycles. The topological polar surface area (TPSA) is 82.6 Å². The van der Waals surface area contributed by atoms with Crippen LogP contribution in [0.1, 0.15) is 27.7 Å². The maximum Gasteiger partial charge on any atom is 0.211 e. The van der Waals surface area contributed by atoms with Gasteiger partial charge in [0.2, 0.25) is 10.0 Å². The van der Waals surface area contributed by atoms with E-state index in [2.05, 4.69) is 40.5 Å². The molecule has 0 fully saturated rings. The molecule has 0 radical (unpaired) electrons. The van der Waals surface area contributed by atoms with E-state index in [1.165, 1.54) is 0 Å². The molecule has 8 heteroatoms. The highest BCUT2D eigenvalue weighted by molar-refractivity contribution is 7.99. The van der Waals surface area contributed by atoms with E-state index in [1.54, 1.807) is 18.7 Å². The summed E-state index contributed by atoms with van der Waals surface area (Å²) in [5.41, 5.74) is 0. The van der Waals surface area contributed by atoms with Crippen molar-refractivity contribution in [3.63, 3.8) is 0 Å². The van der Waals surface area contributed by atoms with Crippen LogP contribution < -0.4 is 15.4 Å². The molecule has 20 heavy (non-hydrogen) atoms. The third-order valence-corrected chi connectivity index (χ3v) is 5.27. The van der Waals surface area contributed by atoms with Gasteiger partial charge in [0.1, 0.15) is 0 Å². The van der Waals surface area contributed by atoms with Gasteiger partial charge in [0.15, 0.2) is 5.96 Å². The maximum atomic E-state index is 11.3. The summed E-state index contributed by atoms with van der Waals surface area (Å²) < 4.78 is 25.2. The van der Waals surface area contributed by atoms with E-state index in [4.69, 9.17) is 0 Å². The molecule has 3 N–H and O–H groups in total. The zero-order valence-corrected chi connectivity index (χ0v) is 14.7. The average Bonchev–Trinajstić information content (AvgIpc) is 2.41. The zero-order chi connectivity index (χ0) is 15.6. The van der Waals surface area contributed by atoms with Crippen LogP contribution in [-0.4, -0.2) is 57.3 Å². The molecule has 0 rings (SSSR count). The van der Waals surface area contributed by atoms with Crippen molar-refractivity contribution in [2.24, 2.45) is 4.99 Å². The lowest BCUT2D eigenvalue weighted by molar-refractivity contribution is 0.581. The van der Waals surface area contributed by atoms with Crippen molar-refractivity contribution in [3.05, 3.63) is 0 Å². The molecule has 0 aliphatic rings. The Morgan fingerprint density at radius 1 is 1.20 bits per heavy atom. The van der Waals surface area contributed by atoms with E-state index >= 15 is 0 Å². The molecule has 0 heterocycles. The Balaban J connectivity index is 4.25. The number of sulfonamides is 1. The molecule has 0 saturated heterocycles. The fourth-order valence-electron chi connectivity index (χ4n) is 1.17. The Morgan fingerprint density at radius 3 is 2.35 bits per heavy atom. The first-order valence-corrected chi connectivity index (χ1v) is 9.68. The molecule has 0 aromatic heterocycles. The summed E-state index contributed by atoms with van der Waals surface area (Å²) in [5, 5.41) is 6.26.